The lowest BCUT2D eigenvalue weighted by Crippen LogP contribution is -2.36. The van der Waals surface area contributed by atoms with Crippen molar-refractivity contribution in [3.63, 3.8) is 0 Å². The maximum absolute atomic E-state index is 11.3. The van der Waals surface area contributed by atoms with Crippen LogP contribution < -0.4 is 10.6 Å². The van der Waals surface area contributed by atoms with E-state index in [1.165, 1.54) is 25.7 Å². The van der Waals surface area contributed by atoms with Crippen molar-refractivity contribution in [2.45, 2.75) is 25.7 Å². The van der Waals surface area contributed by atoms with Gasteiger partial charge < -0.3 is 15.4 Å². The third-order valence-electron chi connectivity index (χ3n) is 3.03. The Morgan fingerprint density at radius 1 is 1.19 bits per heavy atom. The summed E-state index contributed by atoms with van der Waals surface area (Å²) in [5, 5.41) is 6.01. The zero-order valence-electron chi connectivity index (χ0n) is 9.84. The number of ether oxygens (including phenoxy) is 1. The monoisotopic (exact) mass is 226 g/mol. The summed E-state index contributed by atoms with van der Waals surface area (Å²) >= 11 is 0. The van der Waals surface area contributed by atoms with Gasteiger partial charge >= 0.3 is 0 Å². The Labute approximate surface area is 97.1 Å². The minimum Gasteiger partial charge on any atom is -0.379 e. The lowest BCUT2D eigenvalue weighted by Gasteiger charge is -2.06. The molecule has 2 saturated carbocycles. The molecule has 2 aliphatic rings. The maximum Gasteiger partial charge on any atom is 0.234 e. The van der Waals surface area contributed by atoms with E-state index in [-0.39, 0.29) is 5.91 Å². The van der Waals surface area contributed by atoms with Crippen LogP contribution in [0.5, 0.6) is 0 Å². The molecule has 92 valence electrons. The Balaban J connectivity index is 1.34. The molecule has 0 bridgehead atoms. The van der Waals surface area contributed by atoms with Gasteiger partial charge in [-0.05, 0) is 44.1 Å². The molecular formula is C12H22N2O2. The topological polar surface area (TPSA) is 50.4 Å². The quantitative estimate of drug-likeness (QED) is 0.564. The summed E-state index contributed by atoms with van der Waals surface area (Å²) in [6, 6.07) is 0. The van der Waals surface area contributed by atoms with Crippen molar-refractivity contribution >= 4 is 5.91 Å². The first-order valence-corrected chi connectivity index (χ1v) is 6.40. The van der Waals surface area contributed by atoms with Crippen molar-refractivity contribution in [3.05, 3.63) is 0 Å². The lowest BCUT2D eigenvalue weighted by atomic mass is 10.4. The molecule has 0 aliphatic heterocycles. The summed E-state index contributed by atoms with van der Waals surface area (Å²) < 4.78 is 5.43. The normalized spacial score (nSPS) is 19.8. The Morgan fingerprint density at radius 2 is 1.94 bits per heavy atom. The van der Waals surface area contributed by atoms with Gasteiger partial charge in [0.2, 0.25) is 5.91 Å². The van der Waals surface area contributed by atoms with Crippen LogP contribution in [0.15, 0.2) is 0 Å². The predicted octanol–water partition coefficient (Wildman–Crippen LogP) is 0.529. The Morgan fingerprint density at radius 3 is 2.62 bits per heavy atom. The number of hydrogen-bond acceptors (Lipinski definition) is 3. The molecule has 4 heteroatoms. The fraction of sp³-hybridized carbons (Fsp3) is 0.917. The highest BCUT2D eigenvalue weighted by Crippen LogP contribution is 2.28. The number of hydrogen-bond donors (Lipinski definition) is 2. The molecule has 0 aromatic carbocycles. The van der Waals surface area contributed by atoms with Crippen LogP contribution in [0.25, 0.3) is 0 Å². The molecule has 0 atom stereocenters. The zero-order chi connectivity index (χ0) is 11.2. The smallest absolute Gasteiger partial charge is 0.234 e. The van der Waals surface area contributed by atoms with Crippen LogP contribution in [-0.4, -0.2) is 38.8 Å². The molecule has 2 fully saturated rings. The first kappa shape index (κ1) is 11.9. The van der Waals surface area contributed by atoms with E-state index in [1.54, 1.807) is 0 Å². The van der Waals surface area contributed by atoms with Crippen molar-refractivity contribution in [2.75, 3.05) is 32.8 Å². The maximum atomic E-state index is 11.3. The highest BCUT2D eigenvalue weighted by molar-refractivity contribution is 5.77. The van der Waals surface area contributed by atoms with Crippen molar-refractivity contribution in [2.24, 2.45) is 11.8 Å². The summed E-state index contributed by atoms with van der Waals surface area (Å²) in [6.45, 7) is 3.59. The van der Waals surface area contributed by atoms with Gasteiger partial charge in [0, 0.05) is 13.2 Å². The van der Waals surface area contributed by atoms with E-state index >= 15 is 0 Å². The predicted molar refractivity (Wildman–Crippen MR) is 62.1 cm³/mol. The minimum atomic E-state index is 0.0793. The second kappa shape index (κ2) is 6.21. The second-order valence-corrected chi connectivity index (χ2v) is 4.94. The van der Waals surface area contributed by atoms with Crippen molar-refractivity contribution in [1.29, 1.82) is 0 Å². The average molecular weight is 226 g/mol. The van der Waals surface area contributed by atoms with E-state index in [4.69, 9.17) is 4.74 Å². The SMILES string of the molecule is O=C(CNCC1CC1)NCCOCC1CC1. The molecule has 1 amide bonds. The van der Waals surface area contributed by atoms with Crippen LogP contribution in [0.1, 0.15) is 25.7 Å². The molecule has 0 aromatic rings. The van der Waals surface area contributed by atoms with Crippen molar-refractivity contribution < 1.29 is 9.53 Å². The van der Waals surface area contributed by atoms with E-state index in [1.807, 2.05) is 0 Å². The zero-order valence-corrected chi connectivity index (χ0v) is 9.84. The Kier molecular flexibility index (Phi) is 4.60. The van der Waals surface area contributed by atoms with E-state index in [2.05, 4.69) is 10.6 Å². The lowest BCUT2D eigenvalue weighted by molar-refractivity contribution is -0.120. The highest BCUT2D eigenvalue weighted by atomic mass is 16.5. The van der Waals surface area contributed by atoms with Crippen LogP contribution in [-0.2, 0) is 9.53 Å². The molecule has 16 heavy (non-hydrogen) atoms. The fourth-order valence-electron chi connectivity index (χ4n) is 1.57. The Bertz CT molecular complexity index is 225. The van der Waals surface area contributed by atoms with Crippen LogP contribution in [0, 0.1) is 11.8 Å². The van der Waals surface area contributed by atoms with Crippen LogP contribution >= 0.6 is 0 Å². The van der Waals surface area contributed by atoms with E-state index < -0.39 is 0 Å². The van der Waals surface area contributed by atoms with Crippen LogP contribution in [0.4, 0.5) is 0 Å². The van der Waals surface area contributed by atoms with Crippen molar-refractivity contribution in [1.82, 2.24) is 10.6 Å². The first-order valence-electron chi connectivity index (χ1n) is 6.40. The third kappa shape index (κ3) is 5.47. The van der Waals surface area contributed by atoms with Gasteiger partial charge in [-0.3, -0.25) is 4.79 Å². The second-order valence-electron chi connectivity index (χ2n) is 4.94. The van der Waals surface area contributed by atoms with Crippen LogP contribution in [0.2, 0.25) is 0 Å². The molecule has 4 nitrogen and oxygen atoms in total. The van der Waals surface area contributed by atoms with Gasteiger partial charge in [-0.25, -0.2) is 0 Å². The largest absolute Gasteiger partial charge is 0.379 e. The number of carbonyl (C=O) groups excluding carboxylic acids is 1. The summed E-state index contributed by atoms with van der Waals surface area (Å²) in [5.74, 6) is 1.71. The molecule has 2 aliphatic carbocycles. The van der Waals surface area contributed by atoms with Gasteiger partial charge in [-0.15, -0.1) is 0 Å². The van der Waals surface area contributed by atoms with Gasteiger partial charge in [0.05, 0.1) is 13.2 Å². The molecule has 2 N–H and O–H groups in total. The molecule has 2 rings (SSSR count). The number of nitrogens with one attached hydrogen (secondary N) is 2. The summed E-state index contributed by atoms with van der Waals surface area (Å²) in [7, 11) is 0. The van der Waals surface area contributed by atoms with Gasteiger partial charge in [0.1, 0.15) is 0 Å². The van der Waals surface area contributed by atoms with E-state index in [0.29, 0.717) is 19.7 Å². The molecule has 0 radical (unpaired) electrons. The fourth-order valence-corrected chi connectivity index (χ4v) is 1.57. The molecule has 0 heterocycles. The van der Waals surface area contributed by atoms with Gasteiger partial charge in [0.15, 0.2) is 0 Å². The molecule has 0 saturated heterocycles. The first-order chi connectivity index (χ1) is 7.84. The molecular weight excluding hydrogens is 204 g/mol. The summed E-state index contributed by atoms with van der Waals surface area (Å²) in [6.07, 6.45) is 5.28. The molecule has 0 spiro atoms. The average Bonchev–Trinajstić information content (AvgIpc) is 3.12. The van der Waals surface area contributed by atoms with E-state index in [9.17, 15) is 4.79 Å². The third-order valence-corrected chi connectivity index (χ3v) is 3.03. The number of amides is 1. The Hall–Kier alpha value is -0.610. The molecule has 0 aromatic heterocycles. The summed E-state index contributed by atoms with van der Waals surface area (Å²) in [5.41, 5.74) is 0. The standard InChI is InChI=1S/C12H22N2O2/c15-12(8-13-7-10-1-2-10)14-5-6-16-9-11-3-4-11/h10-11,13H,1-9H2,(H,14,15). The minimum absolute atomic E-state index is 0.0793. The highest BCUT2D eigenvalue weighted by Gasteiger charge is 2.21. The number of carbonyl (C=O) groups is 1. The van der Waals surface area contributed by atoms with Gasteiger partial charge in [-0.2, -0.15) is 0 Å². The van der Waals surface area contributed by atoms with Crippen molar-refractivity contribution in [3.8, 4) is 0 Å². The van der Waals surface area contributed by atoms with Gasteiger partial charge in [0.25, 0.3) is 0 Å². The summed E-state index contributed by atoms with van der Waals surface area (Å²) in [4.78, 5) is 11.3. The van der Waals surface area contributed by atoms with Crippen LogP contribution in [0.3, 0.4) is 0 Å². The van der Waals surface area contributed by atoms with Gasteiger partial charge in [-0.1, -0.05) is 0 Å². The molecule has 0 unspecified atom stereocenters. The number of rotatable bonds is 9. The van der Waals surface area contributed by atoms with E-state index in [0.717, 1.165) is 25.0 Å².